The molecule has 8 heteroatoms. The highest BCUT2D eigenvalue weighted by atomic mass is 19.4. The van der Waals surface area contributed by atoms with Gasteiger partial charge in [0.1, 0.15) is 17.4 Å². The summed E-state index contributed by atoms with van der Waals surface area (Å²) in [4.78, 5) is 11.4. The zero-order chi connectivity index (χ0) is 18.4. The normalized spacial score (nSPS) is 16.9. The molecule has 0 saturated carbocycles. The fourth-order valence-electron chi connectivity index (χ4n) is 3.00. The molecule has 2 aromatic carbocycles. The molecule has 3 nitrogen and oxygen atoms in total. The first-order valence-electron chi connectivity index (χ1n) is 7.25. The van der Waals surface area contributed by atoms with Crippen molar-refractivity contribution >= 4 is 5.97 Å². The first-order chi connectivity index (χ1) is 11.7. The van der Waals surface area contributed by atoms with Crippen LogP contribution in [0.1, 0.15) is 39.4 Å². The summed E-state index contributed by atoms with van der Waals surface area (Å²) in [5.41, 5.74) is -2.37. The standard InChI is InChI=1S/C17H11F5O3/c18-8-1-2-10-9(5-6-25-13(10)7-8)11-3-4-12(17(20,21)22)15(19)14(11)16(23)24/h1-4,7,9H,5-6H2,(H,23,24). The van der Waals surface area contributed by atoms with E-state index in [1.807, 2.05) is 0 Å². The predicted octanol–water partition coefficient (Wildman–Crippen LogP) is 4.60. The van der Waals surface area contributed by atoms with Crippen molar-refractivity contribution in [1.29, 1.82) is 0 Å². The number of carbonyl (C=O) groups is 1. The van der Waals surface area contributed by atoms with E-state index in [-0.39, 0.29) is 24.3 Å². The minimum Gasteiger partial charge on any atom is -0.493 e. The summed E-state index contributed by atoms with van der Waals surface area (Å²) in [6.45, 7) is 0.100. The van der Waals surface area contributed by atoms with Crippen molar-refractivity contribution < 1.29 is 36.6 Å². The molecule has 0 radical (unpaired) electrons. The highest BCUT2D eigenvalue weighted by molar-refractivity contribution is 5.90. The maximum absolute atomic E-state index is 14.3. The average Bonchev–Trinajstić information content (AvgIpc) is 2.52. The van der Waals surface area contributed by atoms with E-state index < -0.39 is 40.8 Å². The molecule has 0 fully saturated rings. The Labute approximate surface area is 138 Å². The van der Waals surface area contributed by atoms with Gasteiger partial charge in [-0.3, -0.25) is 0 Å². The monoisotopic (exact) mass is 358 g/mol. The van der Waals surface area contributed by atoms with Gasteiger partial charge in [-0.15, -0.1) is 0 Å². The fraction of sp³-hybridized carbons (Fsp3) is 0.235. The Morgan fingerprint density at radius 3 is 2.44 bits per heavy atom. The summed E-state index contributed by atoms with van der Waals surface area (Å²) >= 11 is 0. The molecule has 25 heavy (non-hydrogen) atoms. The summed E-state index contributed by atoms with van der Waals surface area (Å²) in [6, 6.07) is 5.06. The number of benzene rings is 2. The molecule has 0 saturated heterocycles. The topological polar surface area (TPSA) is 46.5 Å². The van der Waals surface area contributed by atoms with Crippen molar-refractivity contribution in [2.45, 2.75) is 18.5 Å². The van der Waals surface area contributed by atoms with Crippen LogP contribution in [0.2, 0.25) is 0 Å². The van der Waals surface area contributed by atoms with Crippen molar-refractivity contribution in [1.82, 2.24) is 0 Å². The van der Waals surface area contributed by atoms with Crippen LogP contribution >= 0.6 is 0 Å². The second kappa shape index (κ2) is 6.02. The van der Waals surface area contributed by atoms with Crippen molar-refractivity contribution in [3.63, 3.8) is 0 Å². The third-order valence-electron chi connectivity index (χ3n) is 4.08. The van der Waals surface area contributed by atoms with Gasteiger partial charge in [-0.05, 0) is 24.1 Å². The molecule has 1 aliphatic rings. The second-order valence-corrected chi connectivity index (χ2v) is 5.57. The molecular weight excluding hydrogens is 347 g/mol. The molecule has 132 valence electrons. The molecule has 0 aliphatic carbocycles. The van der Waals surface area contributed by atoms with Crippen LogP contribution in [0.5, 0.6) is 5.75 Å². The van der Waals surface area contributed by atoms with Gasteiger partial charge in [0, 0.05) is 17.5 Å². The molecule has 0 amide bonds. The lowest BCUT2D eigenvalue weighted by molar-refractivity contribution is -0.140. The van der Waals surface area contributed by atoms with Crippen molar-refractivity contribution in [2.24, 2.45) is 0 Å². The SMILES string of the molecule is O=C(O)c1c(C2CCOc3cc(F)ccc32)ccc(C(F)(F)F)c1F. The smallest absolute Gasteiger partial charge is 0.419 e. The zero-order valence-corrected chi connectivity index (χ0v) is 12.5. The van der Waals surface area contributed by atoms with Crippen LogP contribution in [0, 0.1) is 11.6 Å². The van der Waals surface area contributed by atoms with Crippen LogP contribution in [-0.2, 0) is 6.18 Å². The molecule has 3 rings (SSSR count). The number of fused-ring (bicyclic) bond motifs is 1. The van der Waals surface area contributed by atoms with Crippen molar-refractivity contribution in [2.75, 3.05) is 6.61 Å². The third kappa shape index (κ3) is 3.04. The van der Waals surface area contributed by atoms with Gasteiger partial charge < -0.3 is 9.84 Å². The van der Waals surface area contributed by atoms with Gasteiger partial charge in [0.25, 0.3) is 0 Å². The maximum atomic E-state index is 14.3. The minimum absolute atomic E-state index is 0.100. The van der Waals surface area contributed by atoms with Crippen LogP contribution in [0.15, 0.2) is 30.3 Å². The molecule has 0 spiro atoms. The Morgan fingerprint density at radius 2 is 1.80 bits per heavy atom. The van der Waals surface area contributed by atoms with E-state index in [0.29, 0.717) is 11.6 Å². The number of hydrogen-bond acceptors (Lipinski definition) is 2. The Bertz CT molecular complexity index is 845. The average molecular weight is 358 g/mol. The van der Waals surface area contributed by atoms with Gasteiger partial charge in [-0.2, -0.15) is 13.2 Å². The second-order valence-electron chi connectivity index (χ2n) is 5.57. The number of hydrogen-bond donors (Lipinski definition) is 1. The highest BCUT2D eigenvalue weighted by Gasteiger charge is 2.38. The van der Waals surface area contributed by atoms with Gasteiger partial charge in [-0.1, -0.05) is 12.1 Å². The summed E-state index contributed by atoms with van der Waals surface area (Å²) in [7, 11) is 0. The molecule has 1 heterocycles. The van der Waals surface area contributed by atoms with E-state index in [0.717, 1.165) is 18.2 Å². The van der Waals surface area contributed by atoms with E-state index in [2.05, 4.69) is 0 Å². The molecule has 1 aliphatic heterocycles. The summed E-state index contributed by atoms with van der Waals surface area (Å²) < 4.78 is 71.5. The Hall–Kier alpha value is -2.64. The number of halogens is 5. The number of carboxylic acid groups (broad SMARTS) is 1. The van der Waals surface area contributed by atoms with Crippen molar-refractivity contribution in [3.8, 4) is 5.75 Å². The third-order valence-corrected chi connectivity index (χ3v) is 4.08. The zero-order valence-electron chi connectivity index (χ0n) is 12.5. The van der Waals surface area contributed by atoms with Gasteiger partial charge in [0.15, 0.2) is 0 Å². The molecule has 1 unspecified atom stereocenters. The molecular formula is C17H11F5O3. The first kappa shape index (κ1) is 17.2. The van der Waals surface area contributed by atoms with Crippen LogP contribution in [0.3, 0.4) is 0 Å². The van der Waals surface area contributed by atoms with E-state index in [1.165, 1.54) is 6.07 Å². The molecule has 1 N–H and O–H groups in total. The highest BCUT2D eigenvalue weighted by Crippen LogP contribution is 2.42. The number of rotatable bonds is 2. The summed E-state index contributed by atoms with van der Waals surface area (Å²) in [5.74, 6) is -4.75. The van der Waals surface area contributed by atoms with E-state index in [1.54, 1.807) is 0 Å². The van der Waals surface area contributed by atoms with Crippen LogP contribution in [-0.4, -0.2) is 17.7 Å². The van der Waals surface area contributed by atoms with Crippen LogP contribution in [0.4, 0.5) is 22.0 Å². The minimum atomic E-state index is -5.01. The number of alkyl halides is 3. The van der Waals surface area contributed by atoms with Gasteiger partial charge in [0.2, 0.25) is 0 Å². The molecule has 2 aromatic rings. The predicted molar refractivity (Wildman–Crippen MR) is 76.7 cm³/mol. The van der Waals surface area contributed by atoms with Gasteiger partial charge in [0.05, 0.1) is 17.7 Å². The lowest BCUT2D eigenvalue weighted by Gasteiger charge is -2.27. The van der Waals surface area contributed by atoms with Gasteiger partial charge in [-0.25, -0.2) is 13.6 Å². The lowest BCUT2D eigenvalue weighted by atomic mass is 9.83. The number of carboxylic acids is 1. The lowest BCUT2D eigenvalue weighted by Crippen LogP contribution is -2.20. The molecule has 0 aromatic heterocycles. The Balaban J connectivity index is 2.19. The van der Waals surface area contributed by atoms with E-state index in [9.17, 15) is 31.9 Å². The maximum Gasteiger partial charge on any atom is 0.419 e. The largest absolute Gasteiger partial charge is 0.493 e. The Kier molecular flexibility index (Phi) is 4.14. The summed E-state index contributed by atoms with van der Waals surface area (Å²) in [5, 5.41) is 9.26. The quantitative estimate of drug-likeness (QED) is 0.799. The van der Waals surface area contributed by atoms with Crippen LogP contribution in [0.25, 0.3) is 0 Å². The summed E-state index contributed by atoms with van der Waals surface area (Å²) in [6.07, 6.45) is -4.78. The van der Waals surface area contributed by atoms with Crippen molar-refractivity contribution in [3.05, 3.63) is 64.2 Å². The number of aromatic carboxylic acids is 1. The first-order valence-corrected chi connectivity index (χ1v) is 7.25. The molecule has 1 atom stereocenters. The molecule has 0 bridgehead atoms. The van der Waals surface area contributed by atoms with Crippen LogP contribution < -0.4 is 4.74 Å². The van der Waals surface area contributed by atoms with E-state index in [4.69, 9.17) is 4.74 Å². The number of ether oxygens (including phenoxy) is 1. The Morgan fingerprint density at radius 1 is 1.12 bits per heavy atom. The van der Waals surface area contributed by atoms with Gasteiger partial charge >= 0.3 is 12.1 Å². The fourth-order valence-corrected chi connectivity index (χ4v) is 3.00. The van der Waals surface area contributed by atoms with E-state index >= 15 is 0 Å².